The molecule has 8 heteroatoms. The maximum atomic E-state index is 11.1. The van der Waals surface area contributed by atoms with E-state index in [9.17, 15) is 22.2 Å². The van der Waals surface area contributed by atoms with Crippen molar-refractivity contribution in [3.05, 3.63) is 0 Å². The molecule has 0 aromatic heterocycles. The van der Waals surface area contributed by atoms with Crippen LogP contribution in [0.25, 0.3) is 0 Å². The lowest BCUT2D eigenvalue weighted by molar-refractivity contribution is -0.184. The van der Waals surface area contributed by atoms with Gasteiger partial charge in [-0.05, 0) is 5.34 Å². The van der Waals surface area contributed by atoms with Crippen LogP contribution in [-0.2, 0) is 14.9 Å². The first-order chi connectivity index (χ1) is 4.33. The molecule has 0 spiro atoms. The third-order valence-corrected chi connectivity index (χ3v) is 1.11. The molecule has 1 N–H and O–H groups in total. The lowest BCUT2D eigenvalue weighted by Crippen LogP contribution is -2.23. The third kappa shape index (κ3) is 4.15. The van der Waals surface area contributed by atoms with Crippen LogP contribution in [0.5, 0.6) is 0 Å². The van der Waals surface area contributed by atoms with Gasteiger partial charge in [0.15, 0.2) is 5.75 Å². The van der Waals surface area contributed by atoms with E-state index >= 15 is 0 Å². The summed E-state index contributed by atoms with van der Waals surface area (Å²) in [7, 11) is -4.64. The second-order valence-corrected chi connectivity index (χ2v) is 2.81. The third-order valence-electron chi connectivity index (χ3n) is 0.494. The van der Waals surface area contributed by atoms with Crippen molar-refractivity contribution in [2.45, 2.75) is 0 Å². The number of halogens is 2. The first-order valence-corrected chi connectivity index (χ1v) is 3.53. The minimum atomic E-state index is -4.64. The SMILES string of the molecule is O=C(CS(=O)(=O)O)N(F)F. The van der Waals surface area contributed by atoms with Gasteiger partial charge in [0, 0.05) is 0 Å². The van der Waals surface area contributed by atoms with Gasteiger partial charge in [0.2, 0.25) is 0 Å². The molecule has 0 radical (unpaired) electrons. The molecule has 60 valence electrons. The zero-order valence-corrected chi connectivity index (χ0v) is 5.31. The fourth-order valence-corrected chi connectivity index (χ4v) is 0.614. The number of carbonyl (C=O) groups excluding carboxylic acids is 1. The molecule has 0 aliphatic carbocycles. The number of rotatable bonds is 2. The molecule has 0 aliphatic rings. The van der Waals surface area contributed by atoms with Crippen LogP contribution in [0, 0.1) is 0 Å². The Hall–Kier alpha value is -0.760. The van der Waals surface area contributed by atoms with Crippen molar-refractivity contribution >= 4 is 16.0 Å². The summed E-state index contributed by atoms with van der Waals surface area (Å²) >= 11 is 0. The first kappa shape index (κ1) is 9.24. The minimum absolute atomic E-state index is 1.60. The lowest BCUT2D eigenvalue weighted by atomic mass is 10.8. The van der Waals surface area contributed by atoms with Crippen molar-refractivity contribution in [1.29, 1.82) is 0 Å². The van der Waals surface area contributed by atoms with Gasteiger partial charge in [-0.25, -0.2) is 0 Å². The fourth-order valence-electron chi connectivity index (χ4n) is 0.205. The Labute approximate surface area is 54.9 Å². The van der Waals surface area contributed by atoms with Crippen molar-refractivity contribution in [2.75, 3.05) is 5.75 Å². The molecule has 10 heavy (non-hydrogen) atoms. The fraction of sp³-hybridized carbons (Fsp3) is 0.500. The highest BCUT2D eigenvalue weighted by Gasteiger charge is 2.19. The molecule has 0 saturated heterocycles. The van der Waals surface area contributed by atoms with E-state index in [0.717, 1.165) is 0 Å². The number of amides is 1. The van der Waals surface area contributed by atoms with Crippen molar-refractivity contribution in [3.63, 3.8) is 0 Å². The number of hydrogen-bond acceptors (Lipinski definition) is 3. The minimum Gasteiger partial charge on any atom is -0.285 e. The molecule has 0 rings (SSSR count). The Morgan fingerprint density at radius 2 is 1.90 bits per heavy atom. The Balaban J connectivity index is 4.07. The molecule has 1 amide bonds. The molecule has 0 aliphatic heterocycles. The normalized spacial score (nSPS) is 11.1. The molecular weight excluding hydrogens is 172 g/mol. The summed E-state index contributed by atoms with van der Waals surface area (Å²) in [6.45, 7) is 0. The van der Waals surface area contributed by atoms with E-state index < -0.39 is 27.1 Å². The van der Waals surface area contributed by atoms with E-state index in [-0.39, 0.29) is 0 Å². The van der Waals surface area contributed by atoms with Crippen LogP contribution in [0.4, 0.5) is 8.96 Å². The molecule has 0 heterocycles. The molecule has 0 atom stereocenters. The van der Waals surface area contributed by atoms with Crippen LogP contribution in [0.15, 0.2) is 0 Å². The van der Waals surface area contributed by atoms with E-state index in [0.29, 0.717) is 0 Å². The number of hydrogen-bond donors (Lipinski definition) is 1. The van der Waals surface area contributed by atoms with Crippen LogP contribution in [0.3, 0.4) is 0 Å². The summed E-state index contributed by atoms with van der Waals surface area (Å²) in [4.78, 5) is 9.80. The quantitative estimate of drug-likeness (QED) is 0.452. The summed E-state index contributed by atoms with van der Waals surface area (Å²) in [6.07, 6.45) is 0. The van der Waals surface area contributed by atoms with Crippen molar-refractivity contribution in [3.8, 4) is 0 Å². The van der Waals surface area contributed by atoms with Gasteiger partial charge >= 0.3 is 5.91 Å². The second-order valence-electron chi connectivity index (χ2n) is 1.35. The molecule has 0 bridgehead atoms. The van der Waals surface area contributed by atoms with E-state index in [1.54, 1.807) is 0 Å². The van der Waals surface area contributed by atoms with Gasteiger partial charge in [-0.15, -0.1) is 0 Å². The average molecular weight is 175 g/mol. The van der Waals surface area contributed by atoms with Crippen molar-refractivity contribution in [1.82, 2.24) is 5.34 Å². The Morgan fingerprint density at radius 3 is 2.00 bits per heavy atom. The molecule has 0 fully saturated rings. The predicted molar refractivity (Wildman–Crippen MR) is 25.5 cm³/mol. The van der Waals surface area contributed by atoms with E-state index in [1.165, 1.54) is 0 Å². The highest BCUT2D eigenvalue weighted by molar-refractivity contribution is 7.86. The summed E-state index contributed by atoms with van der Waals surface area (Å²) in [5.41, 5.74) is 0. The van der Waals surface area contributed by atoms with Crippen LogP contribution < -0.4 is 0 Å². The highest BCUT2D eigenvalue weighted by Crippen LogP contribution is 1.93. The second kappa shape index (κ2) is 2.88. The standard InChI is InChI=1S/C2H3F2NO4S/c3-5(4)2(6)1-10(7,8)9/h1H2,(H,7,8,9). The molecule has 5 nitrogen and oxygen atoms in total. The van der Waals surface area contributed by atoms with Crippen molar-refractivity contribution in [2.24, 2.45) is 0 Å². The largest absolute Gasteiger partial charge is 0.301 e. The summed E-state index contributed by atoms with van der Waals surface area (Å²) in [6, 6.07) is 0. The molecular formula is C2H3F2NO4S. The van der Waals surface area contributed by atoms with Crippen LogP contribution >= 0.6 is 0 Å². The van der Waals surface area contributed by atoms with E-state index in [1.807, 2.05) is 0 Å². The predicted octanol–water partition coefficient (Wildman–Crippen LogP) is -0.528. The summed E-state index contributed by atoms with van der Waals surface area (Å²) < 4.78 is 49.4. The van der Waals surface area contributed by atoms with Crippen LogP contribution in [0.1, 0.15) is 0 Å². The first-order valence-electron chi connectivity index (χ1n) is 1.92. The number of nitrogens with zero attached hydrogens (tertiary/aromatic N) is 1. The Kier molecular flexibility index (Phi) is 2.66. The molecule has 0 unspecified atom stereocenters. The lowest BCUT2D eigenvalue weighted by Gasteiger charge is -1.96. The molecule has 0 aromatic carbocycles. The van der Waals surface area contributed by atoms with Crippen molar-refractivity contribution < 1.29 is 26.7 Å². The average Bonchev–Trinajstić information content (AvgIpc) is 1.60. The van der Waals surface area contributed by atoms with Gasteiger partial charge in [0.1, 0.15) is 0 Å². The number of carbonyl (C=O) groups is 1. The monoisotopic (exact) mass is 175 g/mol. The van der Waals surface area contributed by atoms with Gasteiger partial charge < -0.3 is 0 Å². The van der Waals surface area contributed by atoms with Gasteiger partial charge in [-0.3, -0.25) is 9.35 Å². The van der Waals surface area contributed by atoms with Crippen LogP contribution in [-0.4, -0.2) is 30.0 Å². The van der Waals surface area contributed by atoms with Gasteiger partial charge in [-0.2, -0.15) is 8.42 Å². The Morgan fingerprint density at radius 1 is 1.50 bits per heavy atom. The van der Waals surface area contributed by atoms with Gasteiger partial charge in [-0.1, -0.05) is 8.96 Å². The summed E-state index contributed by atoms with van der Waals surface area (Å²) in [5, 5.41) is -1.91. The van der Waals surface area contributed by atoms with Gasteiger partial charge in [0.05, 0.1) is 0 Å². The topological polar surface area (TPSA) is 74.7 Å². The van der Waals surface area contributed by atoms with E-state index in [4.69, 9.17) is 4.55 Å². The Bertz CT molecular complexity index is 221. The maximum absolute atomic E-state index is 11.1. The highest BCUT2D eigenvalue weighted by atomic mass is 32.2. The molecule has 0 aromatic rings. The van der Waals surface area contributed by atoms with Crippen LogP contribution in [0.2, 0.25) is 0 Å². The zero-order chi connectivity index (χ0) is 8.36. The zero-order valence-electron chi connectivity index (χ0n) is 4.49. The van der Waals surface area contributed by atoms with Gasteiger partial charge in [0.25, 0.3) is 10.1 Å². The summed E-state index contributed by atoms with van der Waals surface area (Å²) in [5.74, 6) is -3.57. The van der Waals surface area contributed by atoms with E-state index in [2.05, 4.69) is 0 Å². The smallest absolute Gasteiger partial charge is 0.285 e. The molecule has 0 saturated carbocycles. The maximum Gasteiger partial charge on any atom is 0.301 e.